The van der Waals surface area contributed by atoms with Gasteiger partial charge in [0.1, 0.15) is 0 Å². The van der Waals surface area contributed by atoms with E-state index in [9.17, 15) is 9.59 Å². The van der Waals surface area contributed by atoms with E-state index in [2.05, 4.69) is 17.4 Å². The summed E-state index contributed by atoms with van der Waals surface area (Å²) in [4.78, 5) is 20.7. The molecular weight excluding hydrogens is 142 g/mol. The van der Waals surface area contributed by atoms with E-state index in [1.54, 1.807) is 0 Å². The van der Waals surface area contributed by atoms with Crippen molar-refractivity contribution < 1.29 is 14.3 Å². The Morgan fingerprint density at radius 3 is 2.56 bits per heavy atom. The highest BCUT2D eigenvalue weighted by Crippen LogP contribution is 2.02. The zero-order valence-electron chi connectivity index (χ0n) is 4.46. The molecule has 1 rings (SSSR count). The summed E-state index contributed by atoms with van der Waals surface area (Å²) in [6, 6.07) is 0. The summed E-state index contributed by atoms with van der Waals surface area (Å²) in [5, 5.41) is 1.97. The fourth-order valence-electron chi connectivity index (χ4n) is 0.513. The van der Waals surface area contributed by atoms with E-state index in [1.807, 2.05) is 5.32 Å². The highest BCUT2D eigenvalue weighted by Gasteiger charge is 2.30. The quantitative estimate of drug-likeness (QED) is 0.494. The number of ether oxygens (including phenoxy) is 1. The van der Waals surface area contributed by atoms with Crippen LogP contribution in [0.2, 0.25) is 0 Å². The van der Waals surface area contributed by atoms with Gasteiger partial charge in [-0.25, -0.2) is 4.79 Å². The third-order valence-corrected chi connectivity index (χ3v) is 1.26. The van der Waals surface area contributed by atoms with Gasteiger partial charge in [0, 0.05) is 5.75 Å². The predicted octanol–water partition coefficient (Wildman–Crippen LogP) is -0.449. The molecule has 1 N–H and O–H groups in total. The van der Waals surface area contributed by atoms with Crippen LogP contribution in [-0.2, 0) is 9.53 Å². The number of nitrogens with one attached hydrogen (secondary N) is 1. The number of rotatable bonds is 1. The van der Waals surface area contributed by atoms with Gasteiger partial charge in [0.05, 0.1) is 0 Å². The Morgan fingerprint density at radius 2 is 2.33 bits per heavy atom. The summed E-state index contributed by atoms with van der Waals surface area (Å²) in [6.07, 6.45) is -1.38. The fourth-order valence-corrected chi connectivity index (χ4v) is 0.754. The molecule has 1 unspecified atom stereocenters. The molecule has 1 fully saturated rings. The van der Waals surface area contributed by atoms with Crippen molar-refractivity contribution in [1.82, 2.24) is 5.32 Å². The smallest absolute Gasteiger partial charge is 0.414 e. The molecule has 9 heavy (non-hydrogen) atoms. The van der Waals surface area contributed by atoms with Crippen molar-refractivity contribution >= 4 is 24.6 Å². The SMILES string of the molecule is O=C1NC(=O)C(CS)O1. The van der Waals surface area contributed by atoms with Crippen LogP contribution in [-0.4, -0.2) is 23.9 Å². The van der Waals surface area contributed by atoms with Crippen LogP contribution in [0.25, 0.3) is 0 Å². The maximum Gasteiger partial charge on any atom is 0.414 e. The molecule has 0 aliphatic carbocycles. The first kappa shape index (κ1) is 6.41. The maximum absolute atomic E-state index is 10.5. The normalized spacial score (nSPS) is 25.7. The van der Waals surface area contributed by atoms with E-state index in [-0.39, 0.29) is 5.75 Å². The first-order chi connectivity index (χ1) is 4.24. The number of hydrogen-bond acceptors (Lipinski definition) is 4. The monoisotopic (exact) mass is 147 g/mol. The van der Waals surface area contributed by atoms with Crippen molar-refractivity contribution in [2.45, 2.75) is 6.10 Å². The summed E-state index contributed by atoms with van der Waals surface area (Å²) in [6.45, 7) is 0. The van der Waals surface area contributed by atoms with Crippen LogP contribution in [0.15, 0.2) is 0 Å². The van der Waals surface area contributed by atoms with E-state index in [4.69, 9.17) is 0 Å². The Kier molecular flexibility index (Phi) is 1.61. The van der Waals surface area contributed by atoms with Crippen molar-refractivity contribution in [2.75, 3.05) is 5.75 Å². The molecule has 5 heteroatoms. The minimum atomic E-state index is -0.694. The van der Waals surface area contributed by atoms with Crippen LogP contribution in [0.5, 0.6) is 0 Å². The molecule has 1 aliphatic heterocycles. The number of hydrogen-bond donors (Lipinski definition) is 2. The van der Waals surface area contributed by atoms with E-state index >= 15 is 0 Å². The van der Waals surface area contributed by atoms with Crippen molar-refractivity contribution in [3.63, 3.8) is 0 Å². The third-order valence-electron chi connectivity index (χ3n) is 0.933. The van der Waals surface area contributed by atoms with Crippen LogP contribution in [0.3, 0.4) is 0 Å². The van der Waals surface area contributed by atoms with Gasteiger partial charge in [-0.05, 0) is 0 Å². The van der Waals surface area contributed by atoms with Crippen molar-refractivity contribution in [3.8, 4) is 0 Å². The lowest BCUT2D eigenvalue weighted by Crippen LogP contribution is -2.25. The lowest BCUT2D eigenvalue weighted by atomic mass is 10.4. The Bertz CT molecular complexity index is 158. The molecule has 0 spiro atoms. The minimum absolute atomic E-state index is 0.234. The van der Waals surface area contributed by atoms with Gasteiger partial charge in [0.2, 0.25) is 0 Å². The highest BCUT2D eigenvalue weighted by molar-refractivity contribution is 7.80. The minimum Gasteiger partial charge on any atom is -0.435 e. The second-order valence-corrected chi connectivity index (χ2v) is 1.93. The molecule has 0 aromatic rings. The van der Waals surface area contributed by atoms with Gasteiger partial charge in [-0.2, -0.15) is 12.6 Å². The van der Waals surface area contributed by atoms with Crippen LogP contribution in [0.1, 0.15) is 0 Å². The molecule has 1 aliphatic rings. The van der Waals surface area contributed by atoms with Gasteiger partial charge in [-0.15, -0.1) is 0 Å². The second kappa shape index (κ2) is 2.26. The largest absolute Gasteiger partial charge is 0.435 e. The average molecular weight is 147 g/mol. The zero-order chi connectivity index (χ0) is 6.85. The van der Waals surface area contributed by atoms with E-state index < -0.39 is 18.1 Å². The molecule has 4 nitrogen and oxygen atoms in total. The summed E-state index contributed by atoms with van der Waals surface area (Å²) in [7, 11) is 0. The van der Waals surface area contributed by atoms with Crippen molar-refractivity contribution in [3.05, 3.63) is 0 Å². The van der Waals surface area contributed by atoms with Crippen LogP contribution >= 0.6 is 12.6 Å². The first-order valence-electron chi connectivity index (χ1n) is 2.36. The predicted molar refractivity (Wildman–Crippen MR) is 32.3 cm³/mol. The van der Waals surface area contributed by atoms with E-state index in [0.29, 0.717) is 0 Å². The third kappa shape index (κ3) is 1.16. The Hall–Kier alpha value is -0.710. The lowest BCUT2D eigenvalue weighted by Gasteiger charge is -1.97. The average Bonchev–Trinajstić information content (AvgIpc) is 2.10. The summed E-state index contributed by atoms with van der Waals surface area (Å²) in [5.41, 5.74) is 0. The zero-order valence-corrected chi connectivity index (χ0v) is 5.35. The molecule has 0 aromatic carbocycles. The molecule has 1 heterocycles. The molecular formula is C4H5NO3S. The van der Waals surface area contributed by atoms with Gasteiger partial charge in [0.25, 0.3) is 5.91 Å². The molecule has 50 valence electrons. The molecule has 0 aromatic heterocycles. The second-order valence-electron chi connectivity index (χ2n) is 1.57. The number of amides is 2. The van der Waals surface area contributed by atoms with Crippen LogP contribution in [0.4, 0.5) is 4.79 Å². The number of alkyl carbamates (subject to hydrolysis) is 1. The number of carbonyl (C=O) groups is 2. The van der Waals surface area contributed by atoms with Crippen LogP contribution in [0, 0.1) is 0 Å². The number of carbonyl (C=O) groups excluding carboxylic acids is 2. The van der Waals surface area contributed by atoms with E-state index in [0.717, 1.165) is 0 Å². The number of imide groups is 1. The molecule has 0 bridgehead atoms. The summed E-state index contributed by atoms with van der Waals surface area (Å²) >= 11 is 3.78. The molecule has 0 radical (unpaired) electrons. The molecule has 1 saturated heterocycles. The molecule has 1 atom stereocenters. The van der Waals surface area contributed by atoms with E-state index in [1.165, 1.54) is 0 Å². The lowest BCUT2D eigenvalue weighted by molar-refractivity contribution is -0.122. The van der Waals surface area contributed by atoms with Gasteiger partial charge < -0.3 is 4.74 Å². The Labute approximate surface area is 57.0 Å². The first-order valence-corrected chi connectivity index (χ1v) is 2.99. The van der Waals surface area contributed by atoms with Crippen molar-refractivity contribution in [1.29, 1.82) is 0 Å². The van der Waals surface area contributed by atoms with Gasteiger partial charge >= 0.3 is 6.09 Å². The maximum atomic E-state index is 10.5. The number of cyclic esters (lactones) is 1. The summed E-state index contributed by atoms with van der Waals surface area (Å²) < 4.78 is 4.45. The van der Waals surface area contributed by atoms with Gasteiger partial charge in [0.15, 0.2) is 6.10 Å². The standard InChI is InChI=1S/C4H5NO3S/c6-3-2(1-9)8-4(7)5-3/h2,9H,1H2,(H,5,6,7). The Morgan fingerprint density at radius 1 is 1.67 bits per heavy atom. The molecule has 2 amide bonds. The number of thiol groups is 1. The van der Waals surface area contributed by atoms with Gasteiger partial charge in [-0.3, -0.25) is 10.1 Å². The van der Waals surface area contributed by atoms with Crippen molar-refractivity contribution in [2.24, 2.45) is 0 Å². The van der Waals surface area contributed by atoms with Gasteiger partial charge in [-0.1, -0.05) is 0 Å². The Balaban J connectivity index is 2.58. The topological polar surface area (TPSA) is 55.4 Å². The fraction of sp³-hybridized carbons (Fsp3) is 0.500. The summed E-state index contributed by atoms with van der Waals surface area (Å²) in [5.74, 6) is -0.174. The molecule has 0 saturated carbocycles. The highest BCUT2D eigenvalue weighted by atomic mass is 32.1. The van der Waals surface area contributed by atoms with Crippen LogP contribution < -0.4 is 5.32 Å².